The molecule has 106 valence electrons. The van der Waals surface area contributed by atoms with Crippen LogP contribution in [0.2, 0.25) is 0 Å². The summed E-state index contributed by atoms with van der Waals surface area (Å²) in [5.41, 5.74) is 2.15. The Balaban J connectivity index is 2.18. The maximum atomic E-state index is 12.4. The molecule has 1 N–H and O–H groups in total. The van der Waals surface area contributed by atoms with Crippen LogP contribution in [0, 0.1) is 0 Å². The van der Waals surface area contributed by atoms with Gasteiger partial charge < -0.3 is 9.72 Å². The van der Waals surface area contributed by atoms with Crippen LogP contribution in [0.3, 0.4) is 0 Å². The number of aromatic amines is 1. The molecule has 1 aromatic carbocycles. The number of benzene rings is 1. The van der Waals surface area contributed by atoms with Crippen LogP contribution in [0.5, 0.6) is 5.75 Å². The number of nitrogens with zero attached hydrogens (tertiary/aromatic N) is 1. The van der Waals surface area contributed by atoms with E-state index in [1.54, 1.807) is 49.7 Å². The van der Waals surface area contributed by atoms with Gasteiger partial charge in [-0.15, -0.1) is 0 Å². The molecule has 0 radical (unpaired) electrons. The fraction of sp³-hybridized carbons (Fsp3) is 0.125. The van der Waals surface area contributed by atoms with Gasteiger partial charge in [-0.1, -0.05) is 12.1 Å². The summed E-state index contributed by atoms with van der Waals surface area (Å²) in [4.78, 5) is 28.8. The number of nitrogens with one attached hydrogen (secondary N) is 1. The first-order valence-corrected chi connectivity index (χ1v) is 6.48. The lowest BCUT2D eigenvalue weighted by atomic mass is 9.99. The van der Waals surface area contributed by atoms with Crippen LogP contribution in [0.25, 0.3) is 11.1 Å². The third-order valence-electron chi connectivity index (χ3n) is 3.53. The van der Waals surface area contributed by atoms with Crippen molar-refractivity contribution in [3.8, 4) is 5.75 Å². The average Bonchev–Trinajstić information content (AvgIpc) is 3.10. The van der Waals surface area contributed by atoms with Crippen molar-refractivity contribution >= 4 is 23.0 Å². The molecule has 2 amide bonds. The van der Waals surface area contributed by atoms with Crippen molar-refractivity contribution in [2.75, 3.05) is 14.2 Å². The largest absolute Gasteiger partial charge is 0.497 e. The molecule has 0 fully saturated rings. The predicted molar refractivity (Wildman–Crippen MR) is 78.4 cm³/mol. The molecule has 1 aromatic heterocycles. The highest BCUT2D eigenvalue weighted by Gasteiger charge is 2.37. The normalized spacial score (nSPS) is 15.0. The number of hydrogen-bond donors (Lipinski definition) is 1. The minimum Gasteiger partial charge on any atom is -0.497 e. The standard InChI is InChI=1S/C16H14N2O3/c1-18-15(19)13(10-5-7-11(21-2)8-6-10)14(16(18)20)12-4-3-9-17-12/h3-9,17H,1-2H3. The molecule has 21 heavy (non-hydrogen) atoms. The van der Waals surface area contributed by atoms with Crippen molar-refractivity contribution in [2.24, 2.45) is 0 Å². The quantitative estimate of drug-likeness (QED) is 0.875. The highest BCUT2D eigenvalue weighted by Crippen LogP contribution is 2.34. The smallest absolute Gasteiger partial charge is 0.263 e. The fourth-order valence-electron chi connectivity index (χ4n) is 2.40. The third kappa shape index (κ3) is 2.03. The number of ether oxygens (including phenoxy) is 1. The number of aromatic nitrogens is 1. The highest BCUT2D eigenvalue weighted by atomic mass is 16.5. The third-order valence-corrected chi connectivity index (χ3v) is 3.53. The molecule has 0 unspecified atom stereocenters. The van der Waals surface area contributed by atoms with Gasteiger partial charge >= 0.3 is 0 Å². The van der Waals surface area contributed by atoms with Crippen LogP contribution in [-0.2, 0) is 9.59 Å². The zero-order valence-electron chi connectivity index (χ0n) is 11.7. The summed E-state index contributed by atoms with van der Waals surface area (Å²) < 4.78 is 5.12. The van der Waals surface area contributed by atoms with E-state index in [2.05, 4.69) is 4.98 Å². The van der Waals surface area contributed by atoms with E-state index in [9.17, 15) is 9.59 Å². The number of amides is 2. The first kappa shape index (κ1) is 13.2. The summed E-state index contributed by atoms with van der Waals surface area (Å²) in [5.74, 6) is 0.105. The second-order valence-corrected chi connectivity index (χ2v) is 4.73. The summed E-state index contributed by atoms with van der Waals surface area (Å²) in [6.45, 7) is 0. The monoisotopic (exact) mass is 282 g/mol. The van der Waals surface area contributed by atoms with Gasteiger partial charge in [0.25, 0.3) is 11.8 Å². The Bertz CT molecular complexity index is 727. The van der Waals surface area contributed by atoms with Gasteiger partial charge in [0.1, 0.15) is 5.75 Å². The van der Waals surface area contributed by atoms with Gasteiger partial charge in [0.2, 0.25) is 0 Å². The number of carbonyl (C=O) groups is 2. The van der Waals surface area contributed by atoms with E-state index in [4.69, 9.17) is 4.74 Å². The molecule has 0 saturated carbocycles. The van der Waals surface area contributed by atoms with Gasteiger partial charge in [0.15, 0.2) is 0 Å². The SMILES string of the molecule is COc1ccc(C2=C(c3ccc[nH]3)C(=O)N(C)C2=O)cc1. The summed E-state index contributed by atoms with van der Waals surface area (Å²) >= 11 is 0. The molecule has 0 atom stereocenters. The van der Waals surface area contributed by atoms with Gasteiger partial charge in [0, 0.05) is 13.2 Å². The number of likely N-dealkylation sites (N-methyl/N-ethyl adjacent to an activating group) is 1. The Morgan fingerprint density at radius 1 is 1.00 bits per heavy atom. The number of H-pyrrole nitrogens is 1. The predicted octanol–water partition coefficient (Wildman–Crippen LogP) is 1.93. The maximum Gasteiger partial charge on any atom is 0.263 e. The van der Waals surface area contributed by atoms with Crippen LogP contribution in [0.1, 0.15) is 11.3 Å². The fourth-order valence-corrected chi connectivity index (χ4v) is 2.40. The molecule has 3 rings (SSSR count). The minimum atomic E-state index is -0.298. The molecule has 2 aromatic rings. The molecule has 5 heteroatoms. The van der Waals surface area contributed by atoms with Crippen LogP contribution >= 0.6 is 0 Å². The average molecular weight is 282 g/mol. The number of hydrogen-bond acceptors (Lipinski definition) is 3. The molecule has 5 nitrogen and oxygen atoms in total. The number of rotatable bonds is 3. The summed E-state index contributed by atoms with van der Waals surface area (Å²) in [5, 5.41) is 0. The first-order chi connectivity index (χ1) is 10.1. The highest BCUT2D eigenvalue weighted by molar-refractivity contribution is 6.48. The zero-order chi connectivity index (χ0) is 15.0. The molecule has 2 heterocycles. The van der Waals surface area contributed by atoms with Crippen molar-refractivity contribution in [3.63, 3.8) is 0 Å². The van der Waals surface area contributed by atoms with Gasteiger partial charge in [-0.05, 0) is 29.8 Å². The molecular formula is C16H14N2O3. The lowest BCUT2D eigenvalue weighted by Crippen LogP contribution is -2.26. The molecule has 0 spiro atoms. The summed E-state index contributed by atoms with van der Waals surface area (Å²) in [7, 11) is 3.07. The number of methoxy groups -OCH3 is 1. The van der Waals surface area contributed by atoms with E-state index < -0.39 is 0 Å². The Morgan fingerprint density at radius 3 is 2.24 bits per heavy atom. The molecule has 0 aliphatic carbocycles. The zero-order valence-corrected chi connectivity index (χ0v) is 11.7. The van der Waals surface area contributed by atoms with E-state index in [1.807, 2.05) is 0 Å². The Morgan fingerprint density at radius 2 is 1.67 bits per heavy atom. The van der Waals surface area contributed by atoms with Crippen LogP contribution in [0.4, 0.5) is 0 Å². The van der Waals surface area contributed by atoms with Crippen LogP contribution in [-0.4, -0.2) is 35.9 Å². The Kier molecular flexibility index (Phi) is 3.10. The Labute approximate surface area is 121 Å². The van der Waals surface area contributed by atoms with E-state index in [0.29, 0.717) is 28.2 Å². The van der Waals surface area contributed by atoms with Crippen LogP contribution < -0.4 is 4.74 Å². The van der Waals surface area contributed by atoms with Crippen molar-refractivity contribution in [1.29, 1.82) is 0 Å². The van der Waals surface area contributed by atoms with Crippen molar-refractivity contribution in [2.45, 2.75) is 0 Å². The molecule has 1 aliphatic rings. The lowest BCUT2D eigenvalue weighted by molar-refractivity contribution is -0.134. The first-order valence-electron chi connectivity index (χ1n) is 6.48. The second-order valence-electron chi connectivity index (χ2n) is 4.73. The van der Waals surface area contributed by atoms with E-state index in [1.165, 1.54) is 7.05 Å². The second kappa shape index (κ2) is 4.94. The molecule has 0 saturated heterocycles. The van der Waals surface area contributed by atoms with Crippen molar-refractivity contribution in [3.05, 3.63) is 53.9 Å². The van der Waals surface area contributed by atoms with Gasteiger partial charge in [-0.2, -0.15) is 0 Å². The van der Waals surface area contributed by atoms with Crippen molar-refractivity contribution < 1.29 is 14.3 Å². The molecular weight excluding hydrogens is 268 g/mol. The lowest BCUT2D eigenvalue weighted by Gasteiger charge is -2.07. The van der Waals surface area contributed by atoms with Gasteiger partial charge in [-0.3, -0.25) is 14.5 Å². The van der Waals surface area contributed by atoms with Crippen LogP contribution in [0.15, 0.2) is 42.6 Å². The molecule has 1 aliphatic heterocycles. The van der Waals surface area contributed by atoms with Gasteiger partial charge in [-0.25, -0.2) is 0 Å². The van der Waals surface area contributed by atoms with E-state index >= 15 is 0 Å². The summed E-state index contributed by atoms with van der Waals surface area (Å²) in [6, 6.07) is 10.7. The number of imide groups is 1. The summed E-state index contributed by atoms with van der Waals surface area (Å²) in [6.07, 6.45) is 1.73. The number of carbonyl (C=O) groups excluding carboxylic acids is 2. The molecule has 0 bridgehead atoms. The topological polar surface area (TPSA) is 62.4 Å². The van der Waals surface area contributed by atoms with E-state index in [0.717, 1.165) is 4.90 Å². The maximum absolute atomic E-state index is 12.4. The minimum absolute atomic E-state index is 0.297. The van der Waals surface area contributed by atoms with E-state index in [-0.39, 0.29) is 11.8 Å². The van der Waals surface area contributed by atoms with Crippen molar-refractivity contribution in [1.82, 2.24) is 9.88 Å². The van der Waals surface area contributed by atoms with Gasteiger partial charge in [0.05, 0.1) is 23.9 Å². The Hall–Kier alpha value is -2.82.